The first-order valence-corrected chi connectivity index (χ1v) is 5.62. The smallest absolute Gasteiger partial charge is 0.0981 e. The highest BCUT2D eigenvalue weighted by Gasteiger charge is 2.19. The molecule has 3 rings (SSSR count). The molecule has 1 aliphatic rings. The van der Waals surface area contributed by atoms with Crippen molar-refractivity contribution in [3.63, 3.8) is 0 Å². The summed E-state index contributed by atoms with van der Waals surface area (Å²) in [5.41, 5.74) is 3.43. The van der Waals surface area contributed by atoms with E-state index in [0.717, 1.165) is 23.7 Å². The second-order valence-corrected chi connectivity index (χ2v) is 4.25. The van der Waals surface area contributed by atoms with Gasteiger partial charge in [0, 0.05) is 36.1 Å². The molecule has 1 saturated carbocycles. The molecule has 1 N–H and O–H groups in total. The molecule has 16 heavy (non-hydrogen) atoms. The van der Waals surface area contributed by atoms with Gasteiger partial charge in [-0.2, -0.15) is 0 Å². The van der Waals surface area contributed by atoms with Crippen LogP contribution in [0.3, 0.4) is 0 Å². The maximum atomic E-state index is 5.07. The molecule has 0 radical (unpaired) electrons. The molecule has 0 bridgehead atoms. The standard InChI is InChI=1S/C13H14N2O/c1-2-13(1)15-7-10-5-12(8-14-6-10)11-3-4-16-9-11/h3-6,8-9,13,15H,1-2,7H2. The van der Waals surface area contributed by atoms with Crippen molar-refractivity contribution in [2.45, 2.75) is 25.4 Å². The van der Waals surface area contributed by atoms with Crippen molar-refractivity contribution in [3.05, 3.63) is 42.6 Å². The highest BCUT2D eigenvalue weighted by atomic mass is 16.3. The van der Waals surface area contributed by atoms with Crippen molar-refractivity contribution >= 4 is 0 Å². The van der Waals surface area contributed by atoms with E-state index in [4.69, 9.17) is 4.42 Å². The van der Waals surface area contributed by atoms with E-state index in [1.165, 1.54) is 18.4 Å². The lowest BCUT2D eigenvalue weighted by molar-refractivity contribution is 0.568. The highest BCUT2D eigenvalue weighted by Crippen LogP contribution is 2.21. The first-order valence-electron chi connectivity index (χ1n) is 5.62. The van der Waals surface area contributed by atoms with Gasteiger partial charge in [-0.15, -0.1) is 0 Å². The highest BCUT2D eigenvalue weighted by molar-refractivity contribution is 5.61. The van der Waals surface area contributed by atoms with Gasteiger partial charge >= 0.3 is 0 Å². The van der Waals surface area contributed by atoms with Crippen molar-refractivity contribution in [2.24, 2.45) is 0 Å². The molecular weight excluding hydrogens is 200 g/mol. The summed E-state index contributed by atoms with van der Waals surface area (Å²) in [5, 5.41) is 3.48. The summed E-state index contributed by atoms with van der Waals surface area (Å²) in [6.07, 6.45) is 9.84. The summed E-state index contributed by atoms with van der Waals surface area (Å²) in [4.78, 5) is 4.26. The SMILES string of the molecule is c1cc(-c2cncc(CNC3CC3)c2)co1. The molecule has 0 aliphatic heterocycles. The van der Waals surface area contributed by atoms with Crippen LogP contribution in [0.1, 0.15) is 18.4 Å². The summed E-state index contributed by atoms with van der Waals surface area (Å²) in [6.45, 7) is 0.906. The van der Waals surface area contributed by atoms with Crippen LogP contribution in [0.4, 0.5) is 0 Å². The minimum absolute atomic E-state index is 0.734. The fourth-order valence-electron chi connectivity index (χ4n) is 1.72. The molecule has 0 atom stereocenters. The Bertz CT molecular complexity index is 461. The van der Waals surface area contributed by atoms with Crippen molar-refractivity contribution < 1.29 is 4.42 Å². The van der Waals surface area contributed by atoms with Gasteiger partial charge in [-0.1, -0.05) is 0 Å². The first kappa shape index (κ1) is 9.60. The minimum atomic E-state index is 0.734. The molecule has 82 valence electrons. The van der Waals surface area contributed by atoms with Gasteiger partial charge in [0.05, 0.1) is 12.5 Å². The van der Waals surface area contributed by atoms with E-state index in [1.807, 2.05) is 18.5 Å². The molecule has 0 saturated heterocycles. The molecule has 0 aromatic carbocycles. The van der Waals surface area contributed by atoms with E-state index in [2.05, 4.69) is 16.4 Å². The van der Waals surface area contributed by atoms with Crippen LogP contribution in [0.5, 0.6) is 0 Å². The average Bonchev–Trinajstić information content (AvgIpc) is 2.99. The van der Waals surface area contributed by atoms with Gasteiger partial charge in [-0.05, 0) is 30.5 Å². The summed E-state index contributed by atoms with van der Waals surface area (Å²) >= 11 is 0. The molecule has 2 aromatic heterocycles. The van der Waals surface area contributed by atoms with Crippen LogP contribution in [-0.2, 0) is 6.54 Å². The summed E-state index contributed by atoms with van der Waals surface area (Å²) < 4.78 is 5.07. The Balaban J connectivity index is 1.76. The third-order valence-corrected chi connectivity index (χ3v) is 2.82. The predicted octanol–water partition coefficient (Wildman–Crippen LogP) is 2.59. The van der Waals surface area contributed by atoms with Crippen LogP contribution >= 0.6 is 0 Å². The van der Waals surface area contributed by atoms with E-state index < -0.39 is 0 Å². The maximum Gasteiger partial charge on any atom is 0.0981 e. The van der Waals surface area contributed by atoms with Gasteiger partial charge < -0.3 is 9.73 Å². The largest absolute Gasteiger partial charge is 0.472 e. The second kappa shape index (κ2) is 4.10. The van der Waals surface area contributed by atoms with Crippen LogP contribution in [0.15, 0.2) is 41.5 Å². The number of hydrogen-bond acceptors (Lipinski definition) is 3. The molecule has 3 nitrogen and oxygen atoms in total. The lowest BCUT2D eigenvalue weighted by Gasteiger charge is -2.04. The fraction of sp³-hybridized carbons (Fsp3) is 0.308. The summed E-state index contributed by atoms with van der Waals surface area (Å²) in [5.74, 6) is 0. The molecule has 0 amide bonds. The van der Waals surface area contributed by atoms with Crippen LogP contribution in [-0.4, -0.2) is 11.0 Å². The number of pyridine rings is 1. The van der Waals surface area contributed by atoms with Crippen molar-refractivity contribution in [1.82, 2.24) is 10.3 Å². The van der Waals surface area contributed by atoms with Gasteiger partial charge in [-0.3, -0.25) is 4.98 Å². The zero-order valence-electron chi connectivity index (χ0n) is 9.02. The molecule has 1 fully saturated rings. The van der Waals surface area contributed by atoms with Gasteiger partial charge in [0.15, 0.2) is 0 Å². The third-order valence-electron chi connectivity index (χ3n) is 2.82. The van der Waals surface area contributed by atoms with Crippen molar-refractivity contribution in [3.8, 4) is 11.1 Å². The number of furan rings is 1. The zero-order valence-corrected chi connectivity index (χ0v) is 9.02. The van der Waals surface area contributed by atoms with Crippen molar-refractivity contribution in [2.75, 3.05) is 0 Å². The van der Waals surface area contributed by atoms with E-state index in [9.17, 15) is 0 Å². The average molecular weight is 214 g/mol. The second-order valence-electron chi connectivity index (χ2n) is 4.25. The Morgan fingerprint density at radius 1 is 1.31 bits per heavy atom. The maximum absolute atomic E-state index is 5.07. The topological polar surface area (TPSA) is 38.1 Å². The first-order chi connectivity index (χ1) is 7.92. The number of aromatic nitrogens is 1. The van der Waals surface area contributed by atoms with Crippen LogP contribution < -0.4 is 5.32 Å². The van der Waals surface area contributed by atoms with Gasteiger partial charge in [0.1, 0.15) is 0 Å². The Morgan fingerprint density at radius 3 is 3.00 bits per heavy atom. The van der Waals surface area contributed by atoms with E-state index in [-0.39, 0.29) is 0 Å². The molecule has 0 spiro atoms. The van der Waals surface area contributed by atoms with Crippen LogP contribution in [0.2, 0.25) is 0 Å². The van der Waals surface area contributed by atoms with Crippen LogP contribution in [0, 0.1) is 0 Å². The molecule has 2 heterocycles. The van der Waals surface area contributed by atoms with Crippen molar-refractivity contribution in [1.29, 1.82) is 0 Å². The monoisotopic (exact) mass is 214 g/mol. The summed E-state index contributed by atoms with van der Waals surface area (Å²) in [6, 6.07) is 4.85. The minimum Gasteiger partial charge on any atom is -0.472 e. The quantitative estimate of drug-likeness (QED) is 0.850. The Morgan fingerprint density at radius 2 is 2.25 bits per heavy atom. The number of hydrogen-bond donors (Lipinski definition) is 1. The Hall–Kier alpha value is -1.61. The molecule has 1 aliphatic carbocycles. The third kappa shape index (κ3) is 2.14. The van der Waals surface area contributed by atoms with E-state index in [1.54, 1.807) is 12.5 Å². The molecule has 2 aromatic rings. The fourth-order valence-corrected chi connectivity index (χ4v) is 1.72. The lowest BCUT2D eigenvalue weighted by Crippen LogP contribution is -2.15. The van der Waals surface area contributed by atoms with E-state index in [0.29, 0.717) is 0 Å². The number of nitrogens with one attached hydrogen (secondary N) is 1. The Labute approximate surface area is 94.5 Å². The van der Waals surface area contributed by atoms with E-state index >= 15 is 0 Å². The van der Waals surface area contributed by atoms with Gasteiger partial charge in [0.25, 0.3) is 0 Å². The molecule has 0 unspecified atom stereocenters. The van der Waals surface area contributed by atoms with Gasteiger partial charge in [-0.25, -0.2) is 0 Å². The zero-order chi connectivity index (χ0) is 10.8. The van der Waals surface area contributed by atoms with Crippen LogP contribution in [0.25, 0.3) is 11.1 Å². The molecule has 3 heteroatoms. The Kier molecular flexibility index (Phi) is 2.46. The lowest BCUT2D eigenvalue weighted by atomic mass is 10.1. The number of nitrogens with zero attached hydrogens (tertiary/aromatic N) is 1. The summed E-state index contributed by atoms with van der Waals surface area (Å²) in [7, 11) is 0. The predicted molar refractivity (Wildman–Crippen MR) is 61.8 cm³/mol. The molecular formula is C13H14N2O. The van der Waals surface area contributed by atoms with Gasteiger partial charge in [0.2, 0.25) is 0 Å². The number of rotatable bonds is 4. The normalized spacial score (nSPS) is 15.2.